The number of para-hydroxylation sites is 1. The molecule has 0 amide bonds. The number of hydrogen-bond acceptors (Lipinski definition) is 10. The van der Waals surface area contributed by atoms with Gasteiger partial charge in [-0.3, -0.25) is 14.1 Å². The quantitative estimate of drug-likeness (QED) is 0.371. The summed E-state index contributed by atoms with van der Waals surface area (Å²) in [6, 6.07) is 5.21. The minimum absolute atomic E-state index is 0.0629. The number of aryl methyl sites for hydroxylation is 1. The van der Waals surface area contributed by atoms with Gasteiger partial charge in [0.1, 0.15) is 40.1 Å². The molecular formula is C26H34N6O6S. The average Bonchev–Trinajstić information content (AvgIpc) is 3.52. The molecule has 0 bridgehead atoms. The van der Waals surface area contributed by atoms with Gasteiger partial charge in [0.2, 0.25) is 16.0 Å². The van der Waals surface area contributed by atoms with Crippen molar-refractivity contribution in [1.82, 2.24) is 24.7 Å². The summed E-state index contributed by atoms with van der Waals surface area (Å²) in [6.07, 6.45) is 3.28. The van der Waals surface area contributed by atoms with Gasteiger partial charge in [-0.25, -0.2) is 18.4 Å². The van der Waals surface area contributed by atoms with E-state index in [2.05, 4.69) is 24.9 Å². The fraction of sp³-hybridized carbons (Fsp3) is 0.500. The van der Waals surface area contributed by atoms with Crippen molar-refractivity contribution in [2.75, 3.05) is 18.9 Å². The van der Waals surface area contributed by atoms with Crippen LogP contribution in [0.3, 0.4) is 0 Å². The Bertz CT molecular complexity index is 1400. The van der Waals surface area contributed by atoms with Gasteiger partial charge in [-0.05, 0) is 51.8 Å². The number of ketones is 1. The van der Waals surface area contributed by atoms with Crippen molar-refractivity contribution in [2.45, 2.75) is 70.3 Å². The Labute approximate surface area is 228 Å². The molecule has 2 aromatic heterocycles. The molecule has 1 aromatic carbocycles. The number of Topliss-reactive ketones (excluding diaryl/α,β-unsaturated/α-hetero) is 1. The molecule has 2 unspecified atom stereocenters. The molecule has 3 aromatic rings. The van der Waals surface area contributed by atoms with Crippen LogP contribution in [-0.4, -0.2) is 64.5 Å². The molecule has 1 fully saturated rings. The number of nitrogens with zero attached hydrogens (tertiary/aromatic N) is 5. The summed E-state index contributed by atoms with van der Waals surface area (Å²) in [5.74, 6) is 1.34. The Morgan fingerprint density at radius 2 is 1.69 bits per heavy atom. The summed E-state index contributed by atoms with van der Waals surface area (Å²) in [5.41, 5.74) is 1.26. The van der Waals surface area contributed by atoms with Crippen LogP contribution in [0.2, 0.25) is 0 Å². The summed E-state index contributed by atoms with van der Waals surface area (Å²) >= 11 is 0. The van der Waals surface area contributed by atoms with E-state index in [9.17, 15) is 13.2 Å². The molecule has 12 nitrogen and oxygen atoms in total. The zero-order valence-corrected chi connectivity index (χ0v) is 23.7. The number of aromatic nitrogens is 5. The van der Waals surface area contributed by atoms with E-state index in [0.717, 1.165) is 5.56 Å². The van der Waals surface area contributed by atoms with E-state index in [-0.39, 0.29) is 36.0 Å². The fourth-order valence-corrected chi connectivity index (χ4v) is 5.62. The maximum absolute atomic E-state index is 13.8. The number of ether oxygens (including phenoxy) is 3. The summed E-state index contributed by atoms with van der Waals surface area (Å²) < 4.78 is 48.9. The lowest BCUT2D eigenvalue weighted by molar-refractivity contribution is -0.117. The standard InChI is InChI=1S/C26H34N6O6S/c1-15(2)38-23(24-27-13-16(3)14-28-24)17(4)39(34,35)31-26-30-29-25(18-10-11-19(33)12-18)32(26)22-20(36-5)8-7-9-21(22)37-6/h7-9,13-15,17-18,23H,10-12H2,1-6H3,(H,30,31)/t17?,18-,23?/m0/s1. The minimum Gasteiger partial charge on any atom is -0.494 e. The molecule has 1 aliphatic carbocycles. The van der Waals surface area contributed by atoms with Gasteiger partial charge in [-0.15, -0.1) is 10.2 Å². The van der Waals surface area contributed by atoms with Crippen LogP contribution in [0.5, 0.6) is 11.5 Å². The van der Waals surface area contributed by atoms with E-state index in [0.29, 0.717) is 35.9 Å². The number of carbonyl (C=O) groups is 1. The van der Waals surface area contributed by atoms with Crippen LogP contribution in [0.1, 0.15) is 69.3 Å². The third-order valence-corrected chi connectivity index (χ3v) is 8.24. The maximum Gasteiger partial charge on any atom is 0.243 e. The topological polar surface area (TPSA) is 147 Å². The summed E-state index contributed by atoms with van der Waals surface area (Å²) in [6.45, 7) is 7.00. The van der Waals surface area contributed by atoms with Crippen molar-refractivity contribution in [1.29, 1.82) is 0 Å². The minimum atomic E-state index is -4.13. The number of hydrogen-bond donors (Lipinski definition) is 1. The SMILES string of the molecule is COc1cccc(OC)c1-n1c(NS(=O)(=O)C(C)C(OC(C)C)c2ncc(C)cn2)nnc1[C@H]1CCC(=O)C1. The molecule has 4 rings (SSSR count). The number of sulfonamides is 1. The average molecular weight is 559 g/mol. The second kappa shape index (κ2) is 11.7. The molecule has 1 N–H and O–H groups in total. The van der Waals surface area contributed by atoms with Crippen LogP contribution in [-0.2, 0) is 19.6 Å². The Morgan fingerprint density at radius 3 is 2.23 bits per heavy atom. The number of nitrogens with one attached hydrogen (secondary N) is 1. The first-order valence-corrected chi connectivity index (χ1v) is 14.2. The Morgan fingerprint density at radius 1 is 1.05 bits per heavy atom. The van der Waals surface area contributed by atoms with Gasteiger partial charge in [-0.1, -0.05) is 6.07 Å². The second-order valence-corrected chi connectivity index (χ2v) is 11.8. The van der Waals surface area contributed by atoms with Gasteiger partial charge in [-0.2, -0.15) is 0 Å². The van der Waals surface area contributed by atoms with Crippen LogP contribution in [0, 0.1) is 6.92 Å². The molecule has 1 saturated carbocycles. The molecule has 3 atom stereocenters. The largest absolute Gasteiger partial charge is 0.494 e. The first-order valence-electron chi connectivity index (χ1n) is 12.7. The first kappa shape index (κ1) is 28.4. The van der Waals surface area contributed by atoms with Gasteiger partial charge < -0.3 is 14.2 Å². The molecular weight excluding hydrogens is 524 g/mol. The summed E-state index contributed by atoms with van der Waals surface area (Å²) in [4.78, 5) is 20.8. The molecule has 210 valence electrons. The molecule has 0 aliphatic heterocycles. The Balaban J connectivity index is 1.79. The fourth-order valence-electron chi connectivity index (χ4n) is 4.54. The van der Waals surface area contributed by atoms with Gasteiger partial charge in [0.05, 0.1) is 20.3 Å². The molecule has 13 heteroatoms. The maximum atomic E-state index is 13.8. The number of benzene rings is 1. The van der Waals surface area contributed by atoms with Crippen molar-refractivity contribution >= 4 is 21.8 Å². The van der Waals surface area contributed by atoms with Crippen LogP contribution in [0.4, 0.5) is 5.95 Å². The molecule has 2 heterocycles. The number of carbonyl (C=O) groups excluding carboxylic acids is 1. The molecule has 0 saturated heterocycles. The lowest BCUT2D eigenvalue weighted by Gasteiger charge is -2.26. The van der Waals surface area contributed by atoms with Crippen molar-refractivity contribution in [3.63, 3.8) is 0 Å². The molecule has 1 aliphatic rings. The number of rotatable bonds is 11. The van der Waals surface area contributed by atoms with E-state index < -0.39 is 21.4 Å². The van der Waals surface area contributed by atoms with E-state index >= 15 is 0 Å². The highest BCUT2D eigenvalue weighted by Gasteiger charge is 2.37. The zero-order valence-electron chi connectivity index (χ0n) is 22.9. The van der Waals surface area contributed by atoms with Crippen molar-refractivity contribution in [2.24, 2.45) is 0 Å². The summed E-state index contributed by atoms with van der Waals surface area (Å²) in [7, 11) is -1.13. The van der Waals surface area contributed by atoms with E-state index in [1.165, 1.54) is 21.1 Å². The lowest BCUT2D eigenvalue weighted by Crippen LogP contribution is -2.35. The van der Waals surface area contributed by atoms with E-state index in [4.69, 9.17) is 14.2 Å². The highest BCUT2D eigenvalue weighted by atomic mass is 32.2. The normalized spacial score (nSPS) is 17.3. The highest BCUT2D eigenvalue weighted by Crippen LogP contribution is 2.40. The van der Waals surface area contributed by atoms with Gasteiger partial charge in [0, 0.05) is 31.2 Å². The Kier molecular flexibility index (Phi) is 8.50. The monoisotopic (exact) mass is 558 g/mol. The molecule has 39 heavy (non-hydrogen) atoms. The van der Waals surface area contributed by atoms with Crippen LogP contribution < -0.4 is 14.2 Å². The second-order valence-electron chi connectivity index (χ2n) is 9.78. The third-order valence-electron chi connectivity index (χ3n) is 6.55. The van der Waals surface area contributed by atoms with Crippen molar-refractivity contribution < 1.29 is 27.4 Å². The first-order chi connectivity index (χ1) is 18.6. The third kappa shape index (κ3) is 6.04. The summed E-state index contributed by atoms with van der Waals surface area (Å²) in [5, 5.41) is 7.44. The molecule has 0 radical (unpaired) electrons. The smallest absolute Gasteiger partial charge is 0.243 e. The van der Waals surface area contributed by atoms with Crippen molar-refractivity contribution in [3.05, 3.63) is 47.8 Å². The van der Waals surface area contributed by atoms with Crippen LogP contribution >= 0.6 is 0 Å². The number of methoxy groups -OCH3 is 2. The van der Waals surface area contributed by atoms with Gasteiger partial charge >= 0.3 is 0 Å². The predicted molar refractivity (Wildman–Crippen MR) is 144 cm³/mol. The Hall–Kier alpha value is -3.58. The van der Waals surface area contributed by atoms with Gasteiger partial charge in [0.25, 0.3) is 0 Å². The molecule has 0 spiro atoms. The van der Waals surface area contributed by atoms with Crippen molar-refractivity contribution in [3.8, 4) is 17.2 Å². The highest BCUT2D eigenvalue weighted by molar-refractivity contribution is 7.93. The number of anilines is 1. The predicted octanol–water partition coefficient (Wildman–Crippen LogP) is 3.52. The van der Waals surface area contributed by atoms with E-state index in [1.807, 2.05) is 20.8 Å². The van der Waals surface area contributed by atoms with Crippen LogP contribution in [0.25, 0.3) is 5.69 Å². The van der Waals surface area contributed by atoms with Gasteiger partial charge in [0.15, 0.2) is 5.82 Å². The lowest BCUT2D eigenvalue weighted by atomic mass is 10.1. The van der Waals surface area contributed by atoms with Crippen LogP contribution in [0.15, 0.2) is 30.6 Å². The van der Waals surface area contributed by atoms with E-state index in [1.54, 1.807) is 35.2 Å². The zero-order chi connectivity index (χ0) is 28.3.